The minimum atomic E-state index is 0.373. The van der Waals surface area contributed by atoms with Crippen LogP contribution in [0.1, 0.15) is 53.1 Å². The van der Waals surface area contributed by atoms with Crippen molar-refractivity contribution in [3.05, 3.63) is 56.8 Å². The summed E-state index contributed by atoms with van der Waals surface area (Å²) < 4.78 is 0. The van der Waals surface area contributed by atoms with Gasteiger partial charge in [-0.1, -0.05) is 23.8 Å². The number of hydrogen-bond donors (Lipinski definition) is 1. The van der Waals surface area contributed by atoms with E-state index >= 15 is 0 Å². The average molecular weight is 273 g/mol. The number of aryl methyl sites for hydroxylation is 3. The van der Waals surface area contributed by atoms with Crippen LogP contribution in [0.4, 0.5) is 0 Å². The van der Waals surface area contributed by atoms with Crippen LogP contribution in [0.5, 0.6) is 0 Å². The third-order valence-electron chi connectivity index (χ3n) is 3.64. The molecule has 0 saturated heterocycles. The molecule has 1 aromatic carbocycles. The molecule has 1 aromatic heterocycles. The predicted octanol–water partition coefficient (Wildman–Crippen LogP) is 5.09. The van der Waals surface area contributed by atoms with E-state index in [-0.39, 0.29) is 0 Å². The van der Waals surface area contributed by atoms with E-state index in [0.29, 0.717) is 12.1 Å². The van der Waals surface area contributed by atoms with Crippen LogP contribution >= 0.6 is 11.3 Å². The highest BCUT2D eigenvalue weighted by atomic mass is 32.1. The lowest BCUT2D eigenvalue weighted by molar-refractivity contribution is 0.497. The third kappa shape index (κ3) is 3.26. The van der Waals surface area contributed by atoms with Gasteiger partial charge in [-0.05, 0) is 62.8 Å². The van der Waals surface area contributed by atoms with Crippen LogP contribution in [-0.2, 0) is 0 Å². The van der Waals surface area contributed by atoms with Gasteiger partial charge in [0.15, 0.2) is 0 Å². The fraction of sp³-hybridized carbons (Fsp3) is 0.412. The number of benzene rings is 1. The van der Waals surface area contributed by atoms with Crippen LogP contribution < -0.4 is 5.32 Å². The maximum absolute atomic E-state index is 3.71. The molecule has 0 amide bonds. The first-order chi connectivity index (χ1) is 8.99. The molecule has 1 heterocycles. The lowest BCUT2D eigenvalue weighted by atomic mass is 9.94. The molecule has 1 N–H and O–H groups in total. The van der Waals surface area contributed by atoms with Crippen LogP contribution in [0, 0.1) is 20.8 Å². The minimum absolute atomic E-state index is 0.373. The van der Waals surface area contributed by atoms with Gasteiger partial charge in [-0.25, -0.2) is 0 Å². The molecular formula is C17H23NS. The van der Waals surface area contributed by atoms with Gasteiger partial charge in [-0.15, -0.1) is 11.3 Å². The van der Waals surface area contributed by atoms with E-state index in [4.69, 9.17) is 0 Å². The molecular weight excluding hydrogens is 250 g/mol. The van der Waals surface area contributed by atoms with E-state index in [1.54, 1.807) is 0 Å². The van der Waals surface area contributed by atoms with Crippen molar-refractivity contribution in [2.45, 2.75) is 46.7 Å². The minimum Gasteiger partial charge on any atom is -0.303 e. The molecule has 19 heavy (non-hydrogen) atoms. The maximum atomic E-state index is 3.71. The molecule has 0 bridgehead atoms. The van der Waals surface area contributed by atoms with Gasteiger partial charge in [0, 0.05) is 17.0 Å². The third-order valence-corrected chi connectivity index (χ3v) is 4.70. The first-order valence-corrected chi connectivity index (χ1v) is 7.74. The zero-order valence-corrected chi connectivity index (χ0v) is 13.3. The van der Waals surface area contributed by atoms with Crippen molar-refractivity contribution in [3.63, 3.8) is 0 Å². The molecule has 0 spiro atoms. The predicted molar refractivity (Wildman–Crippen MR) is 84.9 cm³/mol. The number of rotatable bonds is 4. The number of hydrogen-bond acceptors (Lipinski definition) is 2. The Morgan fingerprint density at radius 2 is 1.63 bits per heavy atom. The number of nitrogens with one attached hydrogen (secondary N) is 1. The Morgan fingerprint density at radius 3 is 2.16 bits per heavy atom. The quantitative estimate of drug-likeness (QED) is 0.818. The van der Waals surface area contributed by atoms with E-state index in [2.05, 4.69) is 69.6 Å². The van der Waals surface area contributed by atoms with Crippen molar-refractivity contribution in [2.24, 2.45) is 0 Å². The van der Waals surface area contributed by atoms with E-state index in [1.807, 2.05) is 11.3 Å². The summed E-state index contributed by atoms with van der Waals surface area (Å²) in [7, 11) is 0. The Hall–Kier alpha value is -1.12. The second-order valence-corrected chi connectivity index (χ2v) is 6.42. The molecule has 0 aliphatic rings. The molecule has 0 saturated carbocycles. The first kappa shape index (κ1) is 14.3. The van der Waals surface area contributed by atoms with Gasteiger partial charge in [-0.3, -0.25) is 0 Å². The van der Waals surface area contributed by atoms with Crippen molar-refractivity contribution in [2.75, 3.05) is 0 Å². The van der Waals surface area contributed by atoms with Crippen molar-refractivity contribution < 1.29 is 0 Å². The highest BCUT2D eigenvalue weighted by molar-refractivity contribution is 7.10. The Morgan fingerprint density at radius 1 is 1.00 bits per heavy atom. The zero-order chi connectivity index (χ0) is 14.0. The van der Waals surface area contributed by atoms with Gasteiger partial charge in [-0.2, -0.15) is 0 Å². The molecule has 2 rings (SSSR count). The van der Waals surface area contributed by atoms with Crippen molar-refractivity contribution in [1.29, 1.82) is 0 Å². The maximum Gasteiger partial charge on any atom is 0.0391 e. The molecule has 0 fully saturated rings. The number of thiophene rings is 1. The van der Waals surface area contributed by atoms with Gasteiger partial charge in [0.05, 0.1) is 0 Å². The molecule has 1 nitrogen and oxygen atoms in total. The Bertz CT molecular complexity index is 519. The summed E-state index contributed by atoms with van der Waals surface area (Å²) in [5.41, 5.74) is 5.55. The van der Waals surface area contributed by atoms with Crippen LogP contribution in [0.25, 0.3) is 0 Å². The van der Waals surface area contributed by atoms with Crippen molar-refractivity contribution >= 4 is 11.3 Å². The van der Waals surface area contributed by atoms with Crippen LogP contribution in [0.2, 0.25) is 0 Å². The summed E-state index contributed by atoms with van der Waals surface area (Å²) in [6.45, 7) is 11.1. The topological polar surface area (TPSA) is 12.0 Å². The highest BCUT2D eigenvalue weighted by Crippen LogP contribution is 2.27. The van der Waals surface area contributed by atoms with E-state index in [1.165, 1.54) is 27.1 Å². The lowest BCUT2D eigenvalue weighted by Gasteiger charge is -2.23. The molecule has 2 atom stereocenters. The van der Waals surface area contributed by atoms with Gasteiger partial charge >= 0.3 is 0 Å². The highest BCUT2D eigenvalue weighted by Gasteiger charge is 2.15. The summed E-state index contributed by atoms with van der Waals surface area (Å²) >= 11 is 1.82. The van der Waals surface area contributed by atoms with Crippen molar-refractivity contribution in [1.82, 2.24) is 5.32 Å². The van der Waals surface area contributed by atoms with Crippen LogP contribution in [0.3, 0.4) is 0 Å². The molecule has 2 aromatic rings. The molecule has 102 valence electrons. The largest absolute Gasteiger partial charge is 0.303 e. The Balaban J connectivity index is 2.18. The summed E-state index contributed by atoms with van der Waals surface area (Å²) in [4.78, 5) is 1.40. The van der Waals surface area contributed by atoms with Gasteiger partial charge < -0.3 is 5.32 Å². The monoisotopic (exact) mass is 273 g/mol. The molecule has 1 unspecified atom stereocenters. The fourth-order valence-electron chi connectivity index (χ4n) is 2.95. The average Bonchev–Trinajstić information content (AvgIpc) is 2.80. The Labute approximate surface area is 120 Å². The van der Waals surface area contributed by atoms with Crippen molar-refractivity contribution in [3.8, 4) is 0 Å². The van der Waals surface area contributed by atoms with Crippen LogP contribution in [-0.4, -0.2) is 0 Å². The summed E-state index contributed by atoms with van der Waals surface area (Å²) in [5.74, 6) is 0. The van der Waals surface area contributed by atoms with Crippen LogP contribution in [0.15, 0.2) is 29.6 Å². The van der Waals surface area contributed by atoms with E-state index in [0.717, 1.165) is 0 Å². The van der Waals surface area contributed by atoms with Gasteiger partial charge in [0.1, 0.15) is 0 Å². The van der Waals surface area contributed by atoms with E-state index < -0.39 is 0 Å². The first-order valence-electron chi connectivity index (χ1n) is 6.86. The molecule has 2 heteroatoms. The van der Waals surface area contributed by atoms with Gasteiger partial charge in [0.2, 0.25) is 0 Å². The lowest BCUT2D eigenvalue weighted by Crippen LogP contribution is -2.23. The zero-order valence-electron chi connectivity index (χ0n) is 12.4. The second kappa shape index (κ2) is 5.89. The Kier molecular flexibility index (Phi) is 4.43. The van der Waals surface area contributed by atoms with E-state index in [9.17, 15) is 0 Å². The molecule has 0 aliphatic carbocycles. The smallest absolute Gasteiger partial charge is 0.0391 e. The summed E-state index contributed by atoms with van der Waals surface area (Å²) in [6.07, 6.45) is 0. The van der Waals surface area contributed by atoms with Gasteiger partial charge in [0.25, 0.3) is 0 Å². The second-order valence-electron chi connectivity index (χ2n) is 5.44. The SMILES string of the molecule is Cc1cc(C)c(C(C)N[C@@H](C)c2cccs2)c(C)c1. The fourth-order valence-corrected chi connectivity index (χ4v) is 3.70. The molecule has 0 radical (unpaired) electrons. The summed E-state index contributed by atoms with van der Waals surface area (Å²) in [5, 5.41) is 5.85. The molecule has 0 aliphatic heterocycles. The standard InChI is InChI=1S/C17H23NS/c1-11-9-12(2)17(13(3)10-11)15(5)18-14(4)16-7-6-8-19-16/h6-10,14-15,18H,1-5H3/t14-,15?/m0/s1. The summed E-state index contributed by atoms with van der Waals surface area (Å²) in [6, 6.07) is 9.63. The normalized spacial score (nSPS) is 14.4.